The molecule has 3 rings (SSSR count). The summed E-state index contributed by atoms with van der Waals surface area (Å²) in [6.07, 6.45) is 3.97. The van der Waals surface area contributed by atoms with Gasteiger partial charge in [0.25, 0.3) is 0 Å². The highest BCUT2D eigenvalue weighted by Crippen LogP contribution is 2.30. The number of rotatable bonds is 4. The number of phenolic OH excluding ortho intramolecular Hbond substituents is 1. The van der Waals surface area contributed by atoms with Crippen LogP contribution >= 0.6 is 0 Å². The lowest BCUT2D eigenvalue weighted by molar-refractivity contribution is 0.260. The van der Waals surface area contributed by atoms with Crippen LogP contribution in [0, 0.1) is 6.92 Å². The van der Waals surface area contributed by atoms with Crippen molar-refractivity contribution < 1.29 is 5.11 Å². The normalized spacial score (nSPS) is 18.3. The summed E-state index contributed by atoms with van der Waals surface area (Å²) >= 11 is 0. The second kappa shape index (κ2) is 6.97. The number of likely N-dealkylation sites (N-methyl/N-ethyl adjacent to an activating group) is 1. The number of anilines is 1. The van der Waals surface area contributed by atoms with Gasteiger partial charge in [-0.1, -0.05) is 18.7 Å². The van der Waals surface area contributed by atoms with Gasteiger partial charge in [0.1, 0.15) is 11.4 Å². The number of hydrogen-bond acceptors (Lipinski definition) is 6. The van der Waals surface area contributed by atoms with Crippen molar-refractivity contribution in [2.24, 2.45) is 0 Å². The zero-order valence-corrected chi connectivity index (χ0v) is 14.2. The lowest BCUT2D eigenvalue weighted by Crippen LogP contribution is -2.40. The molecule has 0 unspecified atom stereocenters. The van der Waals surface area contributed by atoms with Crippen LogP contribution in [0.5, 0.6) is 5.75 Å². The molecule has 0 radical (unpaired) electrons. The number of nitrogens with one attached hydrogen (secondary N) is 1. The number of phenols is 1. The number of likely N-dealkylation sites (tertiary alicyclic amines) is 1. The van der Waals surface area contributed by atoms with Gasteiger partial charge in [-0.25, -0.2) is 4.98 Å². The maximum Gasteiger partial charge on any atom is 0.243 e. The first-order chi connectivity index (χ1) is 11.6. The van der Waals surface area contributed by atoms with Crippen LogP contribution in [0.4, 0.5) is 5.95 Å². The van der Waals surface area contributed by atoms with Crippen molar-refractivity contribution in [3.63, 3.8) is 0 Å². The molecule has 0 amide bonds. The van der Waals surface area contributed by atoms with E-state index in [1.807, 2.05) is 19.1 Å². The molecule has 6 heteroatoms. The third-order valence-corrected chi connectivity index (χ3v) is 4.33. The van der Waals surface area contributed by atoms with Crippen molar-refractivity contribution in [3.8, 4) is 17.0 Å². The van der Waals surface area contributed by atoms with Gasteiger partial charge in [-0.2, -0.15) is 0 Å². The van der Waals surface area contributed by atoms with Crippen LogP contribution in [0.3, 0.4) is 0 Å². The first kappa shape index (κ1) is 16.4. The number of aromatic hydroxyl groups is 1. The van der Waals surface area contributed by atoms with E-state index in [9.17, 15) is 5.11 Å². The quantitative estimate of drug-likeness (QED) is 0.900. The van der Waals surface area contributed by atoms with Gasteiger partial charge in [-0.15, -0.1) is 10.2 Å². The highest BCUT2D eigenvalue weighted by Gasteiger charge is 2.19. The largest absolute Gasteiger partial charge is 0.507 e. The third-order valence-electron chi connectivity index (χ3n) is 4.33. The fourth-order valence-corrected chi connectivity index (χ4v) is 3.06. The van der Waals surface area contributed by atoms with E-state index in [-0.39, 0.29) is 5.75 Å². The number of aryl methyl sites for hydroxylation is 1. The van der Waals surface area contributed by atoms with Gasteiger partial charge < -0.3 is 15.3 Å². The molecule has 0 bridgehead atoms. The molecule has 1 aromatic carbocycles. The van der Waals surface area contributed by atoms with Gasteiger partial charge in [0, 0.05) is 18.2 Å². The molecule has 2 heterocycles. The van der Waals surface area contributed by atoms with Gasteiger partial charge in [0.2, 0.25) is 5.95 Å². The summed E-state index contributed by atoms with van der Waals surface area (Å²) in [5.41, 5.74) is 2.81. The van der Waals surface area contributed by atoms with Crippen molar-refractivity contribution in [1.29, 1.82) is 0 Å². The van der Waals surface area contributed by atoms with E-state index in [4.69, 9.17) is 0 Å². The Morgan fingerprint density at radius 2 is 2.21 bits per heavy atom. The van der Waals surface area contributed by atoms with Crippen molar-refractivity contribution in [2.75, 3.05) is 25.5 Å². The van der Waals surface area contributed by atoms with Gasteiger partial charge in [-0.05, 0) is 51.1 Å². The lowest BCUT2D eigenvalue weighted by atomic mass is 10.1. The van der Waals surface area contributed by atoms with E-state index >= 15 is 0 Å². The molecule has 1 aliphatic rings. The van der Waals surface area contributed by atoms with E-state index in [0.29, 0.717) is 23.2 Å². The van der Waals surface area contributed by atoms with Gasteiger partial charge in [-0.3, -0.25) is 0 Å². The molecule has 1 aliphatic heterocycles. The molecule has 6 nitrogen and oxygen atoms in total. The topological polar surface area (TPSA) is 74.2 Å². The Morgan fingerprint density at radius 3 is 2.88 bits per heavy atom. The second-order valence-corrected chi connectivity index (χ2v) is 6.30. The first-order valence-corrected chi connectivity index (χ1v) is 8.19. The fraction of sp³-hybridized carbons (Fsp3) is 0.389. The Kier molecular flexibility index (Phi) is 4.76. The van der Waals surface area contributed by atoms with Crippen LogP contribution in [-0.4, -0.2) is 51.4 Å². The monoisotopic (exact) mass is 325 g/mol. The summed E-state index contributed by atoms with van der Waals surface area (Å²) in [5, 5.41) is 22.0. The molecule has 0 aliphatic carbocycles. The average Bonchev–Trinajstić information content (AvgIpc) is 2.55. The summed E-state index contributed by atoms with van der Waals surface area (Å²) in [6.45, 7) is 7.69. The van der Waals surface area contributed by atoms with Crippen LogP contribution in [0.15, 0.2) is 24.8 Å². The van der Waals surface area contributed by atoms with Crippen LogP contribution in [-0.2, 0) is 0 Å². The van der Waals surface area contributed by atoms with Crippen LogP contribution in [0.1, 0.15) is 24.1 Å². The Bertz CT molecular complexity index is 746. The van der Waals surface area contributed by atoms with Gasteiger partial charge in [0.15, 0.2) is 0 Å². The summed E-state index contributed by atoms with van der Waals surface area (Å²) in [6, 6.07) is 5.70. The van der Waals surface area contributed by atoms with E-state index < -0.39 is 0 Å². The Labute approximate surface area is 142 Å². The number of benzene rings is 1. The van der Waals surface area contributed by atoms with Gasteiger partial charge in [0.05, 0.1) is 5.69 Å². The molecule has 1 aromatic heterocycles. The molecule has 1 saturated heterocycles. The highest BCUT2D eigenvalue weighted by atomic mass is 16.3. The predicted octanol–water partition coefficient (Wildman–Crippen LogP) is 2.70. The number of hydrogen-bond donors (Lipinski definition) is 2. The Balaban J connectivity index is 1.81. The summed E-state index contributed by atoms with van der Waals surface area (Å²) < 4.78 is 0. The minimum absolute atomic E-state index is 0.154. The molecule has 24 heavy (non-hydrogen) atoms. The summed E-state index contributed by atoms with van der Waals surface area (Å²) in [4.78, 5) is 6.82. The summed E-state index contributed by atoms with van der Waals surface area (Å²) in [5.74, 6) is 0.694. The smallest absolute Gasteiger partial charge is 0.243 e. The van der Waals surface area contributed by atoms with Crippen molar-refractivity contribution in [3.05, 3.63) is 36.0 Å². The number of nitrogens with zero attached hydrogens (tertiary/aromatic N) is 4. The van der Waals surface area contributed by atoms with E-state index in [1.54, 1.807) is 12.1 Å². The fourth-order valence-electron chi connectivity index (χ4n) is 3.06. The molecule has 1 atom stereocenters. The standard InChI is InChI=1S/C18H23N5O/c1-4-13-7-8-15(16(24)10-13)17-12(2)19-18(22-21-17)20-14-6-5-9-23(3)11-14/h4,7-8,10,14,24H,1,5-6,9,11H2,2-3H3,(H,19,20,22)/t14-/m1/s1. The van der Waals surface area contributed by atoms with Crippen molar-refractivity contribution in [2.45, 2.75) is 25.8 Å². The minimum atomic E-state index is 0.154. The molecule has 2 N–H and O–H groups in total. The van der Waals surface area contributed by atoms with Crippen molar-refractivity contribution in [1.82, 2.24) is 20.1 Å². The zero-order valence-electron chi connectivity index (χ0n) is 14.2. The number of piperidine rings is 1. The Morgan fingerprint density at radius 1 is 1.38 bits per heavy atom. The van der Waals surface area contributed by atoms with Crippen LogP contribution in [0.2, 0.25) is 0 Å². The molecule has 0 saturated carbocycles. The average molecular weight is 325 g/mol. The number of aromatic nitrogens is 3. The molecule has 0 spiro atoms. The van der Waals surface area contributed by atoms with E-state index in [1.165, 1.54) is 6.42 Å². The SMILES string of the molecule is C=Cc1ccc(-c2nnc(N[C@@H]3CCCN(C)C3)nc2C)c(O)c1. The minimum Gasteiger partial charge on any atom is -0.507 e. The van der Waals surface area contributed by atoms with Crippen LogP contribution in [0.25, 0.3) is 17.3 Å². The maximum absolute atomic E-state index is 10.2. The van der Waals surface area contributed by atoms with E-state index in [2.05, 4.69) is 39.0 Å². The third kappa shape index (κ3) is 3.54. The summed E-state index contributed by atoms with van der Waals surface area (Å²) in [7, 11) is 2.12. The molecular weight excluding hydrogens is 302 g/mol. The first-order valence-electron chi connectivity index (χ1n) is 8.19. The highest BCUT2D eigenvalue weighted by molar-refractivity contribution is 5.70. The van der Waals surface area contributed by atoms with E-state index in [0.717, 1.165) is 30.8 Å². The zero-order chi connectivity index (χ0) is 17.1. The predicted molar refractivity (Wildman–Crippen MR) is 95.9 cm³/mol. The van der Waals surface area contributed by atoms with Crippen LogP contribution < -0.4 is 5.32 Å². The maximum atomic E-state index is 10.2. The molecule has 126 valence electrons. The molecule has 2 aromatic rings. The molecule has 1 fully saturated rings. The van der Waals surface area contributed by atoms with Gasteiger partial charge >= 0.3 is 0 Å². The lowest BCUT2D eigenvalue weighted by Gasteiger charge is -2.30. The second-order valence-electron chi connectivity index (χ2n) is 6.30. The van der Waals surface area contributed by atoms with Crippen molar-refractivity contribution >= 4 is 12.0 Å². The Hall–Kier alpha value is -2.47. The molecular formula is C18H23N5O.